The van der Waals surface area contributed by atoms with Crippen LogP contribution in [-0.4, -0.2) is 38.8 Å². The molecule has 174 valence electrons. The van der Waals surface area contributed by atoms with E-state index in [0.717, 1.165) is 56.8 Å². The smallest absolute Gasteiger partial charge is 0.160 e. The Morgan fingerprint density at radius 2 is 1.35 bits per heavy atom. The van der Waals surface area contributed by atoms with E-state index < -0.39 is 0 Å². The van der Waals surface area contributed by atoms with Gasteiger partial charge in [0.05, 0.1) is 14.2 Å². The van der Waals surface area contributed by atoms with Crippen LogP contribution in [0.4, 0.5) is 0 Å². The quantitative estimate of drug-likeness (QED) is 0.325. The zero-order chi connectivity index (χ0) is 23.3. The van der Waals surface area contributed by atoms with Crippen LogP contribution in [0.1, 0.15) is 47.1 Å². The number of hydrogen-bond donors (Lipinski definition) is 0. The third-order valence-electron chi connectivity index (χ3n) is 7.10. The maximum Gasteiger partial charge on any atom is 0.160 e. The van der Waals surface area contributed by atoms with Crippen molar-refractivity contribution in [2.45, 2.75) is 25.7 Å². The van der Waals surface area contributed by atoms with Gasteiger partial charge < -0.3 is 14.4 Å². The maximum atomic E-state index is 5.46. The number of aryl methyl sites for hydroxylation is 1. The second-order valence-electron chi connectivity index (χ2n) is 9.12. The summed E-state index contributed by atoms with van der Waals surface area (Å²) in [6.07, 6.45) is 9.01. The Hall–Kier alpha value is -3.30. The topological polar surface area (TPSA) is 21.7 Å². The summed E-state index contributed by atoms with van der Waals surface area (Å²) >= 11 is 0. The van der Waals surface area contributed by atoms with Gasteiger partial charge in [-0.2, -0.15) is 0 Å². The molecule has 3 nitrogen and oxygen atoms in total. The summed E-state index contributed by atoms with van der Waals surface area (Å²) < 4.78 is 10.8. The van der Waals surface area contributed by atoms with Crippen molar-refractivity contribution in [3.63, 3.8) is 0 Å². The predicted octanol–water partition coefficient (Wildman–Crippen LogP) is 6.72. The zero-order valence-electron chi connectivity index (χ0n) is 20.2. The molecule has 1 saturated heterocycles. The van der Waals surface area contributed by atoms with Crippen LogP contribution < -0.4 is 9.47 Å². The van der Waals surface area contributed by atoms with Gasteiger partial charge in [0.2, 0.25) is 0 Å². The van der Waals surface area contributed by atoms with Gasteiger partial charge in [-0.25, -0.2) is 0 Å². The highest BCUT2D eigenvalue weighted by molar-refractivity contribution is 5.94. The highest BCUT2D eigenvalue weighted by Gasteiger charge is 2.22. The lowest BCUT2D eigenvalue weighted by atomic mass is 9.86. The summed E-state index contributed by atoms with van der Waals surface area (Å²) in [5.74, 6) is 1.60. The van der Waals surface area contributed by atoms with Crippen molar-refractivity contribution in [3.8, 4) is 11.5 Å². The molecule has 0 bridgehead atoms. The fourth-order valence-electron chi connectivity index (χ4n) is 5.29. The van der Waals surface area contributed by atoms with Crippen LogP contribution in [0.2, 0.25) is 0 Å². The molecule has 5 rings (SSSR count). The molecule has 0 amide bonds. The summed E-state index contributed by atoms with van der Waals surface area (Å²) in [5, 5.41) is 0. The number of ether oxygens (including phenoxy) is 2. The first-order chi connectivity index (χ1) is 16.8. The summed E-state index contributed by atoms with van der Waals surface area (Å²) in [4.78, 5) is 2.62. The molecule has 1 heterocycles. The van der Waals surface area contributed by atoms with Gasteiger partial charge >= 0.3 is 0 Å². The monoisotopic (exact) mass is 451 g/mol. The summed E-state index contributed by atoms with van der Waals surface area (Å²) in [7, 11) is 3.38. The van der Waals surface area contributed by atoms with Crippen molar-refractivity contribution in [2.75, 3.05) is 33.9 Å². The van der Waals surface area contributed by atoms with E-state index in [1.54, 1.807) is 19.8 Å². The first-order valence-corrected chi connectivity index (χ1v) is 12.3. The molecular formula is C31H33NO2. The Balaban J connectivity index is 1.27. The normalized spacial score (nSPS) is 15.5. The van der Waals surface area contributed by atoms with Crippen molar-refractivity contribution in [2.24, 2.45) is 0 Å². The fourth-order valence-corrected chi connectivity index (χ4v) is 5.29. The van der Waals surface area contributed by atoms with Crippen molar-refractivity contribution in [3.05, 3.63) is 100 Å². The molecule has 0 atom stereocenters. The lowest BCUT2D eigenvalue weighted by Crippen LogP contribution is -2.32. The summed E-state index contributed by atoms with van der Waals surface area (Å²) in [6.45, 7) is 3.39. The van der Waals surface area contributed by atoms with Crippen molar-refractivity contribution in [1.82, 2.24) is 4.90 Å². The third kappa shape index (κ3) is 4.67. The van der Waals surface area contributed by atoms with Gasteiger partial charge in [-0.1, -0.05) is 72.3 Å². The van der Waals surface area contributed by atoms with Crippen LogP contribution in [0.25, 0.3) is 17.7 Å². The van der Waals surface area contributed by atoms with Crippen molar-refractivity contribution < 1.29 is 9.47 Å². The van der Waals surface area contributed by atoms with E-state index in [1.165, 1.54) is 33.4 Å². The highest BCUT2D eigenvalue weighted by Crippen LogP contribution is 2.38. The molecule has 1 fully saturated rings. The van der Waals surface area contributed by atoms with Gasteiger partial charge in [-0.3, -0.25) is 0 Å². The van der Waals surface area contributed by atoms with E-state index in [2.05, 4.69) is 77.7 Å². The molecular weight excluding hydrogens is 418 g/mol. The first kappa shape index (κ1) is 22.5. The lowest BCUT2D eigenvalue weighted by molar-refractivity contribution is 0.254. The molecule has 0 unspecified atom stereocenters. The van der Waals surface area contributed by atoms with Crippen molar-refractivity contribution in [1.29, 1.82) is 0 Å². The average Bonchev–Trinajstić information content (AvgIpc) is 3.06. The Bertz CT molecular complexity index is 1160. The second kappa shape index (κ2) is 10.3. The Kier molecular flexibility index (Phi) is 6.82. The second-order valence-corrected chi connectivity index (χ2v) is 9.12. The van der Waals surface area contributed by atoms with E-state index >= 15 is 0 Å². The summed E-state index contributed by atoms with van der Waals surface area (Å²) in [5.41, 5.74) is 9.75. The number of methoxy groups -OCH3 is 2. The zero-order valence-corrected chi connectivity index (χ0v) is 20.2. The predicted molar refractivity (Wildman–Crippen MR) is 141 cm³/mol. The van der Waals surface area contributed by atoms with Gasteiger partial charge in [0.25, 0.3) is 0 Å². The van der Waals surface area contributed by atoms with Gasteiger partial charge in [-0.05, 0) is 77.8 Å². The van der Waals surface area contributed by atoms with E-state index in [-0.39, 0.29) is 0 Å². The third-order valence-corrected chi connectivity index (χ3v) is 7.10. The molecule has 0 radical (unpaired) electrons. The number of nitrogens with zero attached hydrogens (tertiary/aromatic N) is 1. The van der Waals surface area contributed by atoms with Gasteiger partial charge in [0.15, 0.2) is 11.5 Å². The molecule has 3 aromatic carbocycles. The molecule has 0 aromatic heterocycles. The lowest BCUT2D eigenvalue weighted by Gasteiger charge is -2.30. The minimum Gasteiger partial charge on any atom is -0.493 e. The molecule has 0 saturated carbocycles. The maximum absolute atomic E-state index is 5.46. The number of likely N-dealkylation sites (tertiary alicyclic amines) is 1. The molecule has 34 heavy (non-hydrogen) atoms. The Morgan fingerprint density at radius 1 is 0.735 bits per heavy atom. The molecule has 0 N–H and O–H groups in total. The van der Waals surface area contributed by atoms with Gasteiger partial charge in [0.1, 0.15) is 0 Å². The van der Waals surface area contributed by atoms with Gasteiger partial charge in [-0.15, -0.1) is 0 Å². The minimum atomic E-state index is 0.791. The standard InChI is InChI=1S/C31H33NO2/c1-33-29-16-13-23(22-30(29)34-2)8-7-19-32-20-17-26(18-21-32)31-27-11-5-3-9-24(27)14-15-25-10-4-6-12-28(25)31/h3-6,9-16,22H,7-8,17-21H2,1-2H3. The van der Waals surface area contributed by atoms with Crippen LogP contribution in [0, 0.1) is 0 Å². The van der Waals surface area contributed by atoms with Crippen LogP contribution in [0.15, 0.2) is 72.3 Å². The van der Waals surface area contributed by atoms with E-state index in [0.29, 0.717) is 0 Å². The molecule has 1 aliphatic carbocycles. The fraction of sp³-hybridized carbons (Fsp3) is 0.290. The number of benzene rings is 3. The molecule has 2 aliphatic rings. The van der Waals surface area contributed by atoms with Crippen LogP contribution in [-0.2, 0) is 6.42 Å². The Morgan fingerprint density at radius 3 is 1.97 bits per heavy atom. The average molecular weight is 452 g/mol. The number of piperidine rings is 1. The number of hydrogen-bond acceptors (Lipinski definition) is 3. The Labute approximate surface area is 203 Å². The minimum absolute atomic E-state index is 0.791. The molecule has 0 spiro atoms. The summed E-state index contributed by atoms with van der Waals surface area (Å²) in [6, 6.07) is 23.9. The molecule has 3 aromatic rings. The largest absolute Gasteiger partial charge is 0.493 e. The van der Waals surface area contributed by atoms with Crippen LogP contribution in [0.5, 0.6) is 11.5 Å². The van der Waals surface area contributed by atoms with E-state index in [9.17, 15) is 0 Å². The number of rotatable bonds is 6. The molecule has 3 heteroatoms. The van der Waals surface area contributed by atoms with Gasteiger partial charge in [0, 0.05) is 13.1 Å². The number of fused-ring (bicyclic) bond motifs is 2. The van der Waals surface area contributed by atoms with Crippen LogP contribution in [0.3, 0.4) is 0 Å². The SMILES string of the molecule is COc1ccc(CCCN2CCC(=C3c4ccccc4C=Cc4ccccc43)CC2)cc1OC. The molecule has 1 aliphatic heterocycles. The van der Waals surface area contributed by atoms with Crippen molar-refractivity contribution >= 4 is 17.7 Å². The first-order valence-electron chi connectivity index (χ1n) is 12.3. The van der Waals surface area contributed by atoms with E-state index in [1.807, 2.05) is 6.07 Å². The van der Waals surface area contributed by atoms with E-state index in [4.69, 9.17) is 9.47 Å². The van der Waals surface area contributed by atoms with Crippen LogP contribution >= 0.6 is 0 Å². The highest BCUT2D eigenvalue weighted by atomic mass is 16.5.